The van der Waals surface area contributed by atoms with Gasteiger partial charge >= 0.3 is 0 Å². The lowest BCUT2D eigenvalue weighted by Gasteiger charge is -2.20. The van der Waals surface area contributed by atoms with Gasteiger partial charge in [0.05, 0.1) is 12.7 Å². The van der Waals surface area contributed by atoms with Crippen molar-refractivity contribution in [3.05, 3.63) is 29.1 Å². The Balaban J connectivity index is 3.32. The van der Waals surface area contributed by atoms with E-state index < -0.39 is 11.4 Å². The van der Waals surface area contributed by atoms with Gasteiger partial charge in [-0.05, 0) is 38.5 Å². The van der Waals surface area contributed by atoms with Crippen LogP contribution in [0.4, 0.5) is 4.39 Å². The van der Waals surface area contributed by atoms with E-state index in [4.69, 9.17) is 4.74 Å². The van der Waals surface area contributed by atoms with Crippen LogP contribution >= 0.6 is 0 Å². The van der Waals surface area contributed by atoms with Crippen molar-refractivity contribution in [2.75, 3.05) is 7.11 Å². The molecule has 0 spiro atoms. The summed E-state index contributed by atoms with van der Waals surface area (Å²) in [6, 6.07) is 2.90. The molecule has 0 saturated carbocycles. The van der Waals surface area contributed by atoms with E-state index in [-0.39, 0.29) is 5.56 Å². The Morgan fingerprint density at radius 1 is 1.36 bits per heavy atom. The number of benzene rings is 1. The molecule has 0 atom stereocenters. The molecule has 14 heavy (non-hydrogen) atoms. The Morgan fingerprint density at radius 2 is 1.93 bits per heavy atom. The highest BCUT2D eigenvalue weighted by Gasteiger charge is 2.22. The fraction of sp³-hybridized carbons (Fsp3) is 0.455. The summed E-state index contributed by atoms with van der Waals surface area (Å²) in [6.07, 6.45) is 0. The van der Waals surface area contributed by atoms with Crippen molar-refractivity contribution in [3.63, 3.8) is 0 Å². The second-order valence-electron chi connectivity index (χ2n) is 3.86. The summed E-state index contributed by atoms with van der Waals surface area (Å²) in [5.74, 6) is 0.180. The van der Waals surface area contributed by atoms with Crippen LogP contribution in [0.2, 0.25) is 0 Å². The Bertz CT molecular complexity index is 340. The first-order valence-corrected chi connectivity index (χ1v) is 4.43. The van der Waals surface area contributed by atoms with Gasteiger partial charge in [0, 0.05) is 5.56 Å². The quantitative estimate of drug-likeness (QED) is 0.790. The van der Waals surface area contributed by atoms with Gasteiger partial charge in [0.15, 0.2) is 0 Å². The third-order valence-corrected chi connectivity index (χ3v) is 2.14. The van der Waals surface area contributed by atoms with E-state index in [1.807, 2.05) is 0 Å². The van der Waals surface area contributed by atoms with E-state index in [2.05, 4.69) is 0 Å². The summed E-state index contributed by atoms with van der Waals surface area (Å²) >= 11 is 0. The summed E-state index contributed by atoms with van der Waals surface area (Å²) in [5, 5.41) is 9.69. The van der Waals surface area contributed by atoms with Crippen molar-refractivity contribution < 1.29 is 14.2 Å². The van der Waals surface area contributed by atoms with Crippen LogP contribution in [-0.2, 0) is 5.60 Å². The second-order valence-corrected chi connectivity index (χ2v) is 3.86. The van der Waals surface area contributed by atoms with E-state index in [0.29, 0.717) is 5.75 Å². The van der Waals surface area contributed by atoms with Crippen LogP contribution in [0.15, 0.2) is 12.1 Å². The molecule has 0 aliphatic carbocycles. The maximum atomic E-state index is 13.4. The lowest BCUT2D eigenvalue weighted by Crippen LogP contribution is -2.17. The number of aryl methyl sites for hydroxylation is 1. The van der Waals surface area contributed by atoms with Gasteiger partial charge in [-0.1, -0.05) is 0 Å². The summed E-state index contributed by atoms with van der Waals surface area (Å²) in [5.41, 5.74) is -0.219. The highest BCUT2D eigenvalue weighted by molar-refractivity contribution is 5.39. The molecule has 1 aromatic rings. The van der Waals surface area contributed by atoms with Gasteiger partial charge in [0.2, 0.25) is 0 Å². The average Bonchev–Trinajstić information content (AvgIpc) is 2.02. The molecular formula is C11H15FO2. The summed E-state index contributed by atoms with van der Waals surface area (Å²) < 4.78 is 18.5. The normalized spacial score (nSPS) is 11.6. The molecule has 0 amide bonds. The number of rotatable bonds is 2. The number of methoxy groups -OCH3 is 1. The van der Waals surface area contributed by atoms with Gasteiger partial charge in [0.25, 0.3) is 0 Å². The zero-order valence-corrected chi connectivity index (χ0v) is 8.89. The third-order valence-electron chi connectivity index (χ3n) is 2.14. The molecule has 0 aromatic heterocycles. The van der Waals surface area contributed by atoms with E-state index in [0.717, 1.165) is 5.56 Å². The van der Waals surface area contributed by atoms with Crippen LogP contribution in [0.3, 0.4) is 0 Å². The predicted octanol–water partition coefficient (Wildman–Crippen LogP) is 2.37. The molecule has 3 heteroatoms. The van der Waals surface area contributed by atoms with Crippen molar-refractivity contribution in [1.82, 2.24) is 0 Å². The number of hydrogen-bond acceptors (Lipinski definition) is 2. The van der Waals surface area contributed by atoms with Gasteiger partial charge in [-0.3, -0.25) is 0 Å². The SMILES string of the molecule is COc1cc(C(C)(C)O)c(F)cc1C. The lowest BCUT2D eigenvalue weighted by atomic mass is 9.96. The van der Waals surface area contributed by atoms with Gasteiger partial charge < -0.3 is 9.84 Å². The van der Waals surface area contributed by atoms with Crippen molar-refractivity contribution in [1.29, 1.82) is 0 Å². The van der Waals surface area contributed by atoms with Crippen molar-refractivity contribution >= 4 is 0 Å². The van der Waals surface area contributed by atoms with E-state index in [1.165, 1.54) is 19.2 Å². The molecule has 0 bridgehead atoms. The van der Waals surface area contributed by atoms with Crippen LogP contribution in [0.5, 0.6) is 5.75 Å². The molecule has 78 valence electrons. The Morgan fingerprint density at radius 3 is 2.36 bits per heavy atom. The summed E-state index contributed by atoms with van der Waals surface area (Å²) in [6.45, 7) is 4.84. The first-order chi connectivity index (χ1) is 6.36. The van der Waals surface area contributed by atoms with Crippen molar-refractivity contribution in [2.24, 2.45) is 0 Å². The topological polar surface area (TPSA) is 29.5 Å². The van der Waals surface area contributed by atoms with Gasteiger partial charge in [-0.15, -0.1) is 0 Å². The molecule has 2 nitrogen and oxygen atoms in total. The minimum absolute atomic E-state index is 0.250. The molecule has 1 N–H and O–H groups in total. The molecule has 1 rings (SSSR count). The van der Waals surface area contributed by atoms with Gasteiger partial charge in [-0.25, -0.2) is 4.39 Å². The first-order valence-electron chi connectivity index (χ1n) is 4.43. The van der Waals surface area contributed by atoms with Gasteiger partial charge in [0.1, 0.15) is 11.6 Å². The summed E-state index contributed by atoms with van der Waals surface area (Å²) in [7, 11) is 1.52. The largest absolute Gasteiger partial charge is 0.496 e. The Labute approximate surface area is 83.3 Å². The molecule has 0 radical (unpaired) electrons. The molecule has 0 saturated heterocycles. The zero-order valence-electron chi connectivity index (χ0n) is 8.89. The number of ether oxygens (including phenoxy) is 1. The zero-order chi connectivity index (χ0) is 10.9. The predicted molar refractivity (Wildman–Crippen MR) is 52.9 cm³/mol. The highest BCUT2D eigenvalue weighted by atomic mass is 19.1. The summed E-state index contributed by atoms with van der Waals surface area (Å²) in [4.78, 5) is 0. The molecule has 0 fully saturated rings. The van der Waals surface area contributed by atoms with Crippen molar-refractivity contribution in [2.45, 2.75) is 26.4 Å². The molecule has 0 unspecified atom stereocenters. The highest BCUT2D eigenvalue weighted by Crippen LogP contribution is 2.29. The number of aliphatic hydroxyl groups is 1. The second kappa shape index (κ2) is 3.58. The van der Waals surface area contributed by atoms with Crippen LogP contribution in [-0.4, -0.2) is 12.2 Å². The van der Waals surface area contributed by atoms with Crippen LogP contribution in [0.1, 0.15) is 25.0 Å². The monoisotopic (exact) mass is 198 g/mol. The fourth-order valence-corrected chi connectivity index (χ4v) is 1.34. The van der Waals surface area contributed by atoms with Crippen LogP contribution in [0, 0.1) is 12.7 Å². The van der Waals surface area contributed by atoms with Crippen LogP contribution < -0.4 is 4.74 Å². The number of hydrogen-bond donors (Lipinski definition) is 1. The smallest absolute Gasteiger partial charge is 0.129 e. The van der Waals surface area contributed by atoms with E-state index in [9.17, 15) is 9.50 Å². The minimum Gasteiger partial charge on any atom is -0.496 e. The standard InChI is InChI=1S/C11H15FO2/c1-7-5-9(12)8(11(2,3)13)6-10(7)14-4/h5-6,13H,1-4H3. The first kappa shape index (κ1) is 11.0. The van der Waals surface area contributed by atoms with Crippen molar-refractivity contribution in [3.8, 4) is 5.75 Å². The molecule has 0 aliphatic rings. The minimum atomic E-state index is -1.19. The molecular weight excluding hydrogens is 183 g/mol. The Kier molecular flexibility index (Phi) is 2.81. The van der Waals surface area contributed by atoms with Gasteiger partial charge in [-0.2, -0.15) is 0 Å². The lowest BCUT2D eigenvalue weighted by molar-refractivity contribution is 0.0742. The maximum Gasteiger partial charge on any atom is 0.129 e. The molecule has 0 heterocycles. The number of halogens is 1. The maximum absolute atomic E-state index is 13.4. The third kappa shape index (κ3) is 2.04. The van der Waals surface area contributed by atoms with E-state index >= 15 is 0 Å². The van der Waals surface area contributed by atoms with E-state index in [1.54, 1.807) is 20.8 Å². The van der Waals surface area contributed by atoms with Crippen LogP contribution in [0.25, 0.3) is 0 Å². The average molecular weight is 198 g/mol. The molecule has 1 aromatic carbocycles. The molecule has 0 aliphatic heterocycles. The fourth-order valence-electron chi connectivity index (χ4n) is 1.34. The Hall–Kier alpha value is -1.09.